The first-order valence-corrected chi connectivity index (χ1v) is 12.0. The fraction of sp³-hybridized carbons (Fsp3) is 0.458. The van der Waals surface area contributed by atoms with Gasteiger partial charge in [0, 0.05) is 37.8 Å². The monoisotopic (exact) mass is 480 g/mol. The van der Waals surface area contributed by atoms with Gasteiger partial charge in [0.25, 0.3) is 5.91 Å². The number of aromatic nitrogens is 4. The maximum Gasteiger partial charge on any atom is 0.276 e. The van der Waals surface area contributed by atoms with Gasteiger partial charge in [0.15, 0.2) is 17.2 Å². The third kappa shape index (κ3) is 5.33. The summed E-state index contributed by atoms with van der Waals surface area (Å²) in [5.41, 5.74) is 1.58. The minimum atomic E-state index is -0.618. The molecule has 4 N–H and O–H groups in total. The van der Waals surface area contributed by atoms with Crippen LogP contribution in [0.15, 0.2) is 30.7 Å². The molecule has 0 atom stereocenters. The van der Waals surface area contributed by atoms with Crippen LogP contribution >= 0.6 is 0 Å². The van der Waals surface area contributed by atoms with Gasteiger partial charge in [-0.2, -0.15) is 0 Å². The molecule has 2 fully saturated rings. The zero-order valence-corrected chi connectivity index (χ0v) is 19.6. The van der Waals surface area contributed by atoms with Crippen LogP contribution in [0.3, 0.4) is 0 Å². The predicted octanol–water partition coefficient (Wildman–Crippen LogP) is 3.20. The van der Waals surface area contributed by atoms with Gasteiger partial charge in [-0.1, -0.05) is 0 Å². The molecule has 2 aliphatic rings. The summed E-state index contributed by atoms with van der Waals surface area (Å²) in [5.74, 6) is -0.0140. The number of pyridine rings is 1. The lowest BCUT2D eigenvalue weighted by Gasteiger charge is -2.29. The molecule has 2 saturated carbocycles. The van der Waals surface area contributed by atoms with E-state index in [-0.39, 0.29) is 23.3 Å². The van der Waals surface area contributed by atoms with Gasteiger partial charge in [0.05, 0.1) is 23.8 Å². The van der Waals surface area contributed by atoms with Crippen LogP contribution in [0.4, 0.5) is 21.6 Å². The van der Waals surface area contributed by atoms with Gasteiger partial charge in [0.1, 0.15) is 5.82 Å². The predicted molar refractivity (Wildman–Crippen MR) is 130 cm³/mol. The number of nitrogens with zero attached hydrogens (tertiary/aromatic N) is 4. The number of hydrogen-bond acceptors (Lipinski definition) is 7. The van der Waals surface area contributed by atoms with Gasteiger partial charge in [-0.3, -0.25) is 14.6 Å². The second kappa shape index (κ2) is 9.85. The minimum Gasteiger partial charge on any atom is -0.379 e. The summed E-state index contributed by atoms with van der Waals surface area (Å²) >= 11 is 0. The number of amides is 2. The molecule has 184 valence electrons. The molecule has 0 aliphatic heterocycles. The number of fused-ring (bicyclic) bond motifs is 1. The molecular formula is C24H29FN8O2. The highest BCUT2D eigenvalue weighted by molar-refractivity contribution is 6.03. The van der Waals surface area contributed by atoms with E-state index in [0.717, 1.165) is 50.4 Å². The number of nitrogens with one attached hydrogen (secondary N) is 4. The molecule has 3 aromatic heterocycles. The second-order valence-electron chi connectivity index (χ2n) is 9.29. The summed E-state index contributed by atoms with van der Waals surface area (Å²) < 4.78 is 15.5. The topological polar surface area (TPSA) is 125 Å². The van der Waals surface area contributed by atoms with Crippen molar-refractivity contribution in [3.8, 4) is 0 Å². The molecule has 0 spiro atoms. The number of carbonyl (C=O) groups is 2. The van der Waals surface area contributed by atoms with Gasteiger partial charge < -0.3 is 21.3 Å². The third-order valence-corrected chi connectivity index (χ3v) is 6.61. The molecule has 2 amide bonds. The second-order valence-corrected chi connectivity index (χ2v) is 9.29. The highest BCUT2D eigenvalue weighted by Gasteiger charge is 2.26. The molecule has 5 rings (SSSR count). The van der Waals surface area contributed by atoms with Crippen molar-refractivity contribution in [2.24, 2.45) is 5.92 Å². The summed E-state index contributed by atoms with van der Waals surface area (Å²) in [7, 11) is 1.67. The van der Waals surface area contributed by atoms with Crippen molar-refractivity contribution in [3.05, 3.63) is 42.2 Å². The number of anilines is 3. The summed E-state index contributed by atoms with van der Waals surface area (Å²) in [6.07, 6.45) is 10.4. The van der Waals surface area contributed by atoms with E-state index in [1.807, 2.05) is 6.07 Å². The Morgan fingerprint density at radius 3 is 2.51 bits per heavy atom. The number of halogens is 1. The van der Waals surface area contributed by atoms with Crippen molar-refractivity contribution in [2.45, 2.75) is 57.0 Å². The van der Waals surface area contributed by atoms with Crippen LogP contribution in [0, 0.1) is 11.7 Å². The van der Waals surface area contributed by atoms with Crippen molar-refractivity contribution in [1.82, 2.24) is 24.9 Å². The van der Waals surface area contributed by atoms with Gasteiger partial charge in [-0.25, -0.2) is 13.9 Å². The molecule has 2 aliphatic carbocycles. The Kier molecular flexibility index (Phi) is 6.47. The lowest BCUT2D eigenvalue weighted by Crippen LogP contribution is -2.29. The Bertz CT molecular complexity index is 1230. The van der Waals surface area contributed by atoms with Crippen molar-refractivity contribution < 1.29 is 14.0 Å². The van der Waals surface area contributed by atoms with Crippen LogP contribution < -0.4 is 21.3 Å². The van der Waals surface area contributed by atoms with Crippen LogP contribution in [0.25, 0.3) is 5.65 Å². The van der Waals surface area contributed by atoms with Crippen molar-refractivity contribution in [3.63, 3.8) is 0 Å². The third-order valence-electron chi connectivity index (χ3n) is 6.61. The quantitative estimate of drug-likeness (QED) is 0.390. The lowest BCUT2D eigenvalue weighted by molar-refractivity contribution is -0.121. The maximum atomic E-state index is 14.0. The Hall–Kier alpha value is -3.76. The molecule has 35 heavy (non-hydrogen) atoms. The lowest BCUT2D eigenvalue weighted by atomic mass is 9.84. The first kappa shape index (κ1) is 23.0. The van der Waals surface area contributed by atoms with E-state index in [9.17, 15) is 14.0 Å². The molecule has 0 unspecified atom stereocenters. The molecule has 10 nitrogen and oxygen atoms in total. The van der Waals surface area contributed by atoms with Gasteiger partial charge >= 0.3 is 0 Å². The van der Waals surface area contributed by atoms with Crippen LogP contribution in [-0.4, -0.2) is 50.5 Å². The fourth-order valence-corrected chi connectivity index (χ4v) is 4.49. The Balaban J connectivity index is 1.36. The zero-order chi connectivity index (χ0) is 24.4. The molecule has 3 heterocycles. The Morgan fingerprint density at radius 2 is 1.80 bits per heavy atom. The molecule has 0 bridgehead atoms. The molecule has 0 saturated heterocycles. The SMILES string of the molecule is CNC(=O)CC1CCC(Nc2cc(NC3CC3)c3ncc(C(=O)Nc4ccncc4F)n3n2)CC1. The minimum absolute atomic E-state index is 0.0408. The Labute approximate surface area is 202 Å². The molecule has 0 radical (unpaired) electrons. The summed E-state index contributed by atoms with van der Waals surface area (Å²) in [6, 6.07) is 3.94. The standard InChI is InChI=1S/C24H29FN8O2/c1-26-22(34)10-14-2-4-16(5-3-14)30-21-11-19(29-15-6-7-15)23-28-13-20(33(23)32-21)24(35)31-18-8-9-27-12-17(18)25/h8-9,11-16,29H,2-7,10H2,1H3,(H,26,34)(H,30,32)(H,27,31,35). The number of carbonyl (C=O) groups excluding carboxylic acids is 2. The van der Waals surface area contributed by atoms with Crippen molar-refractivity contribution in [1.29, 1.82) is 0 Å². The van der Waals surface area contributed by atoms with E-state index < -0.39 is 11.7 Å². The number of hydrogen-bond donors (Lipinski definition) is 4. The number of imidazole rings is 1. The number of rotatable bonds is 8. The van der Waals surface area contributed by atoms with Gasteiger partial charge in [0.2, 0.25) is 5.91 Å². The highest BCUT2D eigenvalue weighted by atomic mass is 19.1. The van der Waals surface area contributed by atoms with E-state index in [1.54, 1.807) is 7.05 Å². The van der Waals surface area contributed by atoms with Crippen molar-refractivity contribution >= 4 is 34.7 Å². The van der Waals surface area contributed by atoms with E-state index in [0.29, 0.717) is 29.8 Å². The molecule has 0 aromatic carbocycles. The highest BCUT2D eigenvalue weighted by Crippen LogP contribution is 2.31. The first-order chi connectivity index (χ1) is 17.0. The fourth-order valence-electron chi connectivity index (χ4n) is 4.49. The Morgan fingerprint density at radius 1 is 1.06 bits per heavy atom. The maximum absolute atomic E-state index is 14.0. The smallest absolute Gasteiger partial charge is 0.276 e. The summed E-state index contributed by atoms with van der Waals surface area (Å²) in [5, 5.41) is 16.9. The summed E-state index contributed by atoms with van der Waals surface area (Å²) in [4.78, 5) is 32.8. The summed E-state index contributed by atoms with van der Waals surface area (Å²) in [6.45, 7) is 0. The molecule has 3 aromatic rings. The average molecular weight is 481 g/mol. The van der Waals surface area contributed by atoms with Crippen molar-refractivity contribution in [2.75, 3.05) is 23.0 Å². The van der Waals surface area contributed by atoms with Crippen LogP contribution in [-0.2, 0) is 4.79 Å². The first-order valence-electron chi connectivity index (χ1n) is 12.0. The van der Waals surface area contributed by atoms with Gasteiger partial charge in [-0.05, 0) is 50.5 Å². The van der Waals surface area contributed by atoms with E-state index in [4.69, 9.17) is 0 Å². The van der Waals surface area contributed by atoms with Crippen LogP contribution in [0.1, 0.15) is 55.4 Å². The van der Waals surface area contributed by atoms with Gasteiger partial charge in [-0.15, -0.1) is 5.10 Å². The van der Waals surface area contributed by atoms with E-state index in [2.05, 4.69) is 36.3 Å². The van der Waals surface area contributed by atoms with E-state index >= 15 is 0 Å². The molecule has 11 heteroatoms. The molecular weight excluding hydrogens is 451 g/mol. The average Bonchev–Trinajstić information content (AvgIpc) is 3.57. The normalized spacial score (nSPS) is 19.8. The zero-order valence-electron chi connectivity index (χ0n) is 19.6. The van der Waals surface area contributed by atoms with Crippen LogP contribution in [0.2, 0.25) is 0 Å². The van der Waals surface area contributed by atoms with Crippen LogP contribution in [0.5, 0.6) is 0 Å². The largest absolute Gasteiger partial charge is 0.379 e. The van der Waals surface area contributed by atoms with E-state index in [1.165, 1.54) is 23.0 Å².